The number of rotatable bonds is 4. The summed E-state index contributed by atoms with van der Waals surface area (Å²) in [5, 5.41) is 15.9. The Bertz CT molecular complexity index is 264. The average Bonchev–Trinajstić information content (AvgIpc) is 2.83. The van der Waals surface area contributed by atoms with Crippen molar-refractivity contribution >= 4 is 5.97 Å². The highest BCUT2D eigenvalue weighted by Crippen LogP contribution is 2.30. The van der Waals surface area contributed by atoms with E-state index >= 15 is 0 Å². The number of hydrogen-bond donors (Lipinski definition) is 3. The Balaban J connectivity index is 1.94. The number of aliphatic carboxylic acids is 1. The predicted molar refractivity (Wildman–Crippen MR) is 67.0 cm³/mol. The Labute approximate surface area is 103 Å². The molecule has 98 valence electrons. The number of nitrogens with one attached hydrogen (secondary N) is 2. The molecule has 0 radical (unpaired) electrons. The van der Waals surface area contributed by atoms with Crippen LogP contribution in [0.4, 0.5) is 0 Å². The van der Waals surface area contributed by atoms with E-state index in [0.717, 1.165) is 13.0 Å². The number of carboxylic acids is 1. The molecule has 2 rings (SSSR count). The van der Waals surface area contributed by atoms with Gasteiger partial charge in [0.1, 0.15) is 6.04 Å². The molecule has 2 fully saturated rings. The first-order valence-electron chi connectivity index (χ1n) is 6.90. The SMILES string of the molecule is CC(NC1CCCCC1C1CCCN1)C(=O)O. The van der Waals surface area contributed by atoms with Crippen LogP contribution < -0.4 is 10.6 Å². The summed E-state index contributed by atoms with van der Waals surface area (Å²) in [6, 6.07) is 0.557. The lowest BCUT2D eigenvalue weighted by Gasteiger charge is -2.37. The van der Waals surface area contributed by atoms with Gasteiger partial charge < -0.3 is 15.7 Å². The third kappa shape index (κ3) is 3.19. The van der Waals surface area contributed by atoms with Crippen molar-refractivity contribution < 1.29 is 9.90 Å². The molecule has 0 aromatic heterocycles. The molecular weight excluding hydrogens is 216 g/mol. The van der Waals surface area contributed by atoms with E-state index in [0.29, 0.717) is 18.0 Å². The summed E-state index contributed by atoms with van der Waals surface area (Å²) in [6.45, 7) is 2.87. The van der Waals surface area contributed by atoms with E-state index in [1.165, 1.54) is 32.1 Å². The molecule has 4 nitrogen and oxygen atoms in total. The Morgan fingerprint density at radius 3 is 2.71 bits per heavy atom. The van der Waals surface area contributed by atoms with Crippen molar-refractivity contribution in [3.05, 3.63) is 0 Å². The molecule has 0 aromatic carbocycles. The lowest BCUT2D eigenvalue weighted by molar-refractivity contribution is -0.139. The minimum atomic E-state index is -0.742. The molecular formula is C13H24N2O2. The molecule has 1 aliphatic heterocycles. The van der Waals surface area contributed by atoms with E-state index in [9.17, 15) is 4.79 Å². The molecule has 0 spiro atoms. The van der Waals surface area contributed by atoms with E-state index in [1.807, 2.05) is 0 Å². The Morgan fingerprint density at radius 2 is 2.06 bits per heavy atom. The second-order valence-electron chi connectivity index (χ2n) is 5.48. The first-order chi connectivity index (χ1) is 8.18. The van der Waals surface area contributed by atoms with E-state index in [-0.39, 0.29) is 0 Å². The maximum atomic E-state index is 10.9. The minimum absolute atomic E-state index is 0.380. The van der Waals surface area contributed by atoms with Gasteiger partial charge in [-0.15, -0.1) is 0 Å². The van der Waals surface area contributed by atoms with Gasteiger partial charge in [0.2, 0.25) is 0 Å². The van der Waals surface area contributed by atoms with Crippen LogP contribution >= 0.6 is 0 Å². The number of carbonyl (C=O) groups is 1. The largest absolute Gasteiger partial charge is 0.480 e. The number of carboxylic acid groups (broad SMARTS) is 1. The van der Waals surface area contributed by atoms with Crippen molar-refractivity contribution in [2.75, 3.05) is 6.54 Å². The molecule has 4 unspecified atom stereocenters. The van der Waals surface area contributed by atoms with Crippen LogP contribution in [0.3, 0.4) is 0 Å². The van der Waals surface area contributed by atoms with Gasteiger partial charge in [-0.25, -0.2) is 0 Å². The van der Waals surface area contributed by atoms with Crippen LogP contribution in [0, 0.1) is 5.92 Å². The smallest absolute Gasteiger partial charge is 0.320 e. The quantitative estimate of drug-likeness (QED) is 0.694. The van der Waals surface area contributed by atoms with E-state index < -0.39 is 12.0 Å². The fourth-order valence-corrected chi connectivity index (χ4v) is 3.32. The molecule has 0 aromatic rings. The zero-order valence-corrected chi connectivity index (χ0v) is 10.6. The molecule has 4 heteroatoms. The maximum absolute atomic E-state index is 10.9. The van der Waals surface area contributed by atoms with Gasteiger partial charge in [0, 0.05) is 12.1 Å². The maximum Gasteiger partial charge on any atom is 0.320 e. The van der Waals surface area contributed by atoms with Crippen molar-refractivity contribution in [2.45, 2.75) is 63.6 Å². The van der Waals surface area contributed by atoms with Crippen LogP contribution in [0.25, 0.3) is 0 Å². The Kier molecular flexibility index (Phi) is 4.40. The van der Waals surface area contributed by atoms with Gasteiger partial charge >= 0.3 is 5.97 Å². The van der Waals surface area contributed by atoms with Crippen LogP contribution in [-0.4, -0.2) is 35.7 Å². The Morgan fingerprint density at radius 1 is 1.29 bits per heavy atom. The van der Waals surface area contributed by atoms with Gasteiger partial charge in [-0.05, 0) is 45.1 Å². The van der Waals surface area contributed by atoms with Crippen LogP contribution in [0.2, 0.25) is 0 Å². The van der Waals surface area contributed by atoms with Crippen molar-refractivity contribution in [1.82, 2.24) is 10.6 Å². The van der Waals surface area contributed by atoms with Gasteiger partial charge in [-0.1, -0.05) is 12.8 Å². The van der Waals surface area contributed by atoms with Gasteiger partial charge in [0.15, 0.2) is 0 Å². The van der Waals surface area contributed by atoms with Crippen molar-refractivity contribution in [3.63, 3.8) is 0 Å². The van der Waals surface area contributed by atoms with E-state index in [4.69, 9.17) is 5.11 Å². The summed E-state index contributed by atoms with van der Waals surface area (Å²) >= 11 is 0. The fourth-order valence-electron chi connectivity index (χ4n) is 3.32. The highest BCUT2D eigenvalue weighted by molar-refractivity contribution is 5.72. The summed E-state index contributed by atoms with van der Waals surface area (Å²) in [7, 11) is 0. The summed E-state index contributed by atoms with van der Waals surface area (Å²) < 4.78 is 0. The summed E-state index contributed by atoms with van der Waals surface area (Å²) in [5.41, 5.74) is 0. The third-order valence-corrected chi connectivity index (χ3v) is 4.27. The lowest BCUT2D eigenvalue weighted by Crippen LogP contribution is -2.51. The molecule has 0 bridgehead atoms. The van der Waals surface area contributed by atoms with Crippen LogP contribution in [0.5, 0.6) is 0 Å². The molecule has 2 aliphatic rings. The summed E-state index contributed by atoms with van der Waals surface area (Å²) in [6.07, 6.45) is 7.41. The monoisotopic (exact) mass is 240 g/mol. The molecule has 0 amide bonds. The van der Waals surface area contributed by atoms with Crippen LogP contribution in [0.1, 0.15) is 45.4 Å². The van der Waals surface area contributed by atoms with Crippen molar-refractivity contribution in [3.8, 4) is 0 Å². The normalized spacial score (nSPS) is 35.7. The first kappa shape index (κ1) is 12.8. The fraction of sp³-hybridized carbons (Fsp3) is 0.923. The predicted octanol–water partition coefficient (Wildman–Crippen LogP) is 1.36. The van der Waals surface area contributed by atoms with Gasteiger partial charge in [0.25, 0.3) is 0 Å². The molecule has 17 heavy (non-hydrogen) atoms. The zero-order valence-electron chi connectivity index (χ0n) is 10.6. The van der Waals surface area contributed by atoms with Gasteiger partial charge in [0.05, 0.1) is 0 Å². The van der Waals surface area contributed by atoms with E-state index in [2.05, 4.69) is 10.6 Å². The summed E-state index contributed by atoms with van der Waals surface area (Å²) in [5.74, 6) is -0.123. The highest BCUT2D eigenvalue weighted by atomic mass is 16.4. The van der Waals surface area contributed by atoms with Crippen molar-refractivity contribution in [2.24, 2.45) is 5.92 Å². The topological polar surface area (TPSA) is 61.4 Å². The molecule has 1 saturated heterocycles. The first-order valence-corrected chi connectivity index (χ1v) is 6.90. The van der Waals surface area contributed by atoms with Gasteiger partial charge in [-0.3, -0.25) is 4.79 Å². The van der Waals surface area contributed by atoms with Gasteiger partial charge in [-0.2, -0.15) is 0 Å². The third-order valence-electron chi connectivity index (χ3n) is 4.27. The van der Waals surface area contributed by atoms with Crippen LogP contribution in [0.15, 0.2) is 0 Å². The molecule has 1 saturated carbocycles. The summed E-state index contributed by atoms with van der Waals surface area (Å²) in [4.78, 5) is 10.9. The molecule has 1 aliphatic carbocycles. The second kappa shape index (κ2) is 5.83. The second-order valence-corrected chi connectivity index (χ2v) is 5.48. The van der Waals surface area contributed by atoms with Crippen molar-refractivity contribution in [1.29, 1.82) is 0 Å². The minimum Gasteiger partial charge on any atom is -0.480 e. The zero-order chi connectivity index (χ0) is 12.3. The average molecular weight is 240 g/mol. The van der Waals surface area contributed by atoms with E-state index in [1.54, 1.807) is 6.92 Å². The standard InChI is InChI=1S/C13H24N2O2/c1-9(13(16)17)15-12-6-3-2-5-10(12)11-7-4-8-14-11/h9-12,14-15H,2-8H2,1H3,(H,16,17). The highest BCUT2D eigenvalue weighted by Gasteiger charge is 2.34. The van der Waals surface area contributed by atoms with Crippen LogP contribution in [-0.2, 0) is 4.79 Å². The molecule has 3 N–H and O–H groups in total. The molecule has 4 atom stereocenters. The number of hydrogen-bond acceptors (Lipinski definition) is 3. The Hall–Kier alpha value is -0.610. The molecule has 1 heterocycles. The lowest BCUT2D eigenvalue weighted by atomic mass is 9.79.